The number of hydrogen-bond acceptors (Lipinski definition) is 5. The number of pyridine rings is 1. The lowest BCUT2D eigenvalue weighted by molar-refractivity contribution is 0.0945. The molecule has 0 aliphatic heterocycles. The molecular weight excluding hydrogens is 338 g/mol. The zero-order valence-electron chi connectivity index (χ0n) is 15.6. The highest BCUT2D eigenvalue weighted by Gasteiger charge is 2.15. The number of aromatic nitrogens is 3. The Balaban J connectivity index is 1.90. The maximum Gasteiger partial charge on any atom is 0.270 e. The van der Waals surface area contributed by atoms with Crippen molar-refractivity contribution in [3.8, 4) is 11.4 Å². The molecule has 0 bridgehead atoms. The number of carbonyl (C=O) groups is 1. The van der Waals surface area contributed by atoms with Crippen molar-refractivity contribution in [2.24, 2.45) is 0 Å². The number of benzene rings is 1. The highest BCUT2D eigenvalue weighted by Crippen LogP contribution is 2.20. The van der Waals surface area contributed by atoms with Crippen LogP contribution in [-0.2, 0) is 6.54 Å². The summed E-state index contributed by atoms with van der Waals surface area (Å²) >= 11 is 0. The lowest BCUT2D eigenvalue weighted by Crippen LogP contribution is -2.27. The monoisotopic (exact) mass is 361 g/mol. The van der Waals surface area contributed by atoms with E-state index in [1.165, 1.54) is 0 Å². The van der Waals surface area contributed by atoms with Gasteiger partial charge in [-0.15, -0.1) is 0 Å². The first-order valence-electron chi connectivity index (χ1n) is 9.08. The van der Waals surface area contributed by atoms with E-state index in [0.717, 1.165) is 30.2 Å². The van der Waals surface area contributed by atoms with Crippen LogP contribution in [-0.4, -0.2) is 33.9 Å². The van der Waals surface area contributed by atoms with E-state index < -0.39 is 0 Å². The van der Waals surface area contributed by atoms with E-state index in [2.05, 4.69) is 39.0 Å². The number of nitrogens with one attached hydrogen (secondary N) is 1. The van der Waals surface area contributed by atoms with Gasteiger partial charge in [0.15, 0.2) is 5.82 Å². The van der Waals surface area contributed by atoms with Crippen molar-refractivity contribution in [3.63, 3.8) is 0 Å². The van der Waals surface area contributed by atoms with Crippen LogP contribution in [0.2, 0.25) is 0 Å². The maximum atomic E-state index is 12.7. The van der Waals surface area contributed by atoms with Crippen LogP contribution in [0.4, 0.5) is 5.82 Å². The minimum Gasteiger partial charge on any atom is -0.357 e. The summed E-state index contributed by atoms with van der Waals surface area (Å²) in [6, 6.07) is 17.0. The maximum absolute atomic E-state index is 12.7. The van der Waals surface area contributed by atoms with Crippen molar-refractivity contribution in [1.29, 1.82) is 0 Å². The Bertz CT molecular complexity index is 880. The molecule has 0 fully saturated rings. The number of nitrogens with zero attached hydrogens (tertiary/aromatic N) is 4. The average molecular weight is 361 g/mol. The first kappa shape index (κ1) is 18.5. The third kappa shape index (κ3) is 4.67. The average Bonchev–Trinajstić information content (AvgIpc) is 2.74. The van der Waals surface area contributed by atoms with Crippen LogP contribution in [0.5, 0.6) is 0 Å². The van der Waals surface area contributed by atoms with Crippen LogP contribution in [0, 0.1) is 0 Å². The van der Waals surface area contributed by atoms with E-state index in [4.69, 9.17) is 0 Å². The smallest absolute Gasteiger partial charge is 0.270 e. The van der Waals surface area contributed by atoms with Gasteiger partial charge in [-0.3, -0.25) is 9.78 Å². The number of hydrogen-bond donors (Lipinski definition) is 1. The van der Waals surface area contributed by atoms with Gasteiger partial charge in [-0.2, -0.15) is 0 Å². The van der Waals surface area contributed by atoms with E-state index >= 15 is 0 Å². The summed E-state index contributed by atoms with van der Waals surface area (Å²) in [7, 11) is 0. The highest BCUT2D eigenvalue weighted by atomic mass is 16.1. The molecular formula is C21H23N5O. The van der Waals surface area contributed by atoms with E-state index in [0.29, 0.717) is 18.1 Å². The van der Waals surface area contributed by atoms with Crippen LogP contribution < -0.4 is 10.2 Å². The standard InChI is InChI=1S/C21H23N5O/c1-3-26(4-2)19-14-18(21(27)23-15-17-12-8-9-13-22-17)24-20(25-19)16-10-6-5-7-11-16/h5-14H,3-4,15H2,1-2H3,(H,23,27). The molecule has 0 unspecified atom stereocenters. The van der Waals surface area contributed by atoms with Gasteiger partial charge in [-0.25, -0.2) is 9.97 Å². The van der Waals surface area contributed by atoms with Gasteiger partial charge in [-0.1, -0.05) is 36.4 Å². The van der Waals surface area contributed by atoms with Crippen molar-refractivity contribution < 1.29 is 4.79 Å². The number of carbonyl (C=O) groups excluding carboxylic acids is 1. The Morgan fingerprint density at radius 2 is 1.74 bits per heavy atom. The van der Waals surface area contributed by atoms with E-state index in [1.807, 2.05) is 48.5 Å². The summed E-state index contributed by atoms with van der Waals surface area (Å²) in [5.41, 5.74) is 2.03. The second kappa shape index (κ2) is 8.89. The molecule has 1 amide bonds. The molecule has 1 aromatic carbocycles. The van der Waals surface area contributed by atoms with Gasteiger partial charge in [0.05, 0.1) is 12.2 Å². The molecule has 1 N–H and O–H groups in total. The molecule has 0 saturated carbocycles. The molecule has 0 atom stereocenters. The normalized spacial score (nSPS) is 10.4. The molecule has 0 saturated heterocycles. The molecule has 6 nitrogen and oxygen atoms in total. The minimum atomic E-state index is -0.242. The first-order valence-corrected chi connectivity index (χ1v) is 9.08. The molecule has 27 heavy (non-hydrogen) atoms. The molecule has 2 aromatic heterocycles. The number of rotatable bonds is 7. The number of amides is 1. The SMILES string of the molecule is CCN(CC)c1cc(C(=O)NCc2ccccn2)nc(-c2ccccc2)n1. The molecule has 3 aromatic rings. The Kier molecular flexibility index (Phi) is 6.10. The Morgan fingerprint density at radius 3 is 2.41 bits per heavy atom. The van der Waals surface area contributed by atoms with Gasteiger partial charge in [0.1, 0.15) is 11.5 Å². The van der Waals surface area contributed by atoms with Crippen molar-refractivity contribution in [2.75, 3.05) is 18.0 Å². The largest absolute Gasteiger partial charge is 0.357 e. The highest BCUT2D eigenvalue weighted by molar-refractivity contribution is 5.93. The molecule has 6 heteroatoms. The Morgan fingerprint density at radius 1 is 1.00 bits per heavy atom. The lowest BCUT2D eigenvalue weighted by atomic mass is 10.2. The lowest BCUT2D eigenvalue weighted by Gasteiger charge is -2.21. The Hall–Kier alpha value is -3.28. The fourth-order valence-corrected chi connectivity index (χ4v) is 2.74. The van der Waals surface area contributed by atoms with Crippen molar-refractivity contribution in [1.82, 2.24) is 20.3 Å². The predicted octanol–water partition coefficient (Wildman–Crippen LogP) is 3.31. The third-order valence-electron chi connectivity index (χ3n) is 4.22. The van der Waals surface area contributed by atoms with Crippen molar-refractivity contribution in [3.05, 3.63) is 72.2 Å². The minimum absolute atomic E-state index is 0.242. The van der Waals surface area contributed by atoms with E-state index in [9.17, 15) is 4.79 Å². The topological polar surface area (TPSA) is 71.0 Å². The van der Waals surface area contributed by atoms with Gasteiger partial charge in [-0.05, 0) is 26.0 Å². The van der Waals surface area contributed by atoms with Crippen molar-refractivity contribution in [2.45, 2.75) is 20.4 Å². The predicted molar refractivity (Wildman–Crippen MR) is 106 cm³/mol. The summed E-state index contributed by atoms with van der Waals surface area (Å²) in [6.07, 6.45) is 1.71. The van der Waals surface area contributed by atoms with Gasteiger partial charge in [0.25, 0.3) is 5.91 Å². The van der Waals surface area contributed by atoms with Gasteiger partial charge in [0.2, 0.25) is 0 Å². The number of anilines is 1. The Labute approximate surface area is 159 Å². The van der Waals surface area contributed by atoms with Crippen LogP contribution in [0.15, 0.2) is 60.8 Å². The van der Waals surface area contributed by atoms with E-state index in [-0.39, 0.29) is 5.91 Å². The molecule has 0 spiro atoms. The zero-order chi connectivity index (χ0) is 19.1. The molecule has 0 radical (unpaired) electrons. The van der Waals surface area contributed by atoms with Gasteiger partial charge >= 0.3 is 0 Å². The van der Waals surface area contributed by atoms with Crippen LogP contribution in [0.1, 0.15) is 30.0 Å². The molecule has 138 valence electrons. The molecule has 2 heterocycles. The van der Waals surface area contributed by atoms with Crippen LogP contribution in [0.3, 0.4) is 0 Å². The summed E-state index contributed by atoms with van der Waals surface area (Å²) < 4.78 is 0. The summed E-state index contributed by atoms with van der Waals surface area (Å²) in [5, 5.41) is 2.89. The van der Waals surface area contributed by atoms with Crippen molar-refractivity contribution >= 4 is 11.7 Å². The van der Waals surface area contributed by atoms with E-state index in [1.54, 1.807) is 12.3 Å². The van der Waals surface area contributed by atoms with Gasteiger partial charge in [0, 0.05) is 30.9 Å². The summed E-state index contributed by atoms with van der Waals surface area (Å²) in [6.45, 7) is 6.08. The first-order chi connectivity index (χ1) is 13.2. The zero-order valence-corrected chi connectivity index (χ0v) is 15.6. The molecule has 3 rings (SSSR count). The molecule has 0 aliphatic rings. The quantitative estimate of drug-likeness (QED) is 0.699. The fourth-order valence-electron chi connectivity index (χ4n) is 2.74. The molecule has 0 aliphatic carbocycles. The fraction of sp³-hybridized carbons (Fsp3) is 0.238. The third-order valence-corrected chi connectivity index (χ3v) is 4.22. The van der Waals surface area contributed by atoms with Gasteiger partial charge < -0.3 is 10.2 Å². The summed E-state index contributed by atoms with van der Waals surface area (Å²) in [4.78, 5) is 28.2. The summed E-state index contributed by atoms with van der Waals surface area (Å²) in [5.74, 6) is 1.05. The second-order valence-corrected chi connectivity index (χ2v) is 5.98. The second-order valence-electron chi connectivity index (χ2n) is 5.98. The van der Waals surface area contributed by atoms with Crippen LogP contribution >= 0.6 is 0 Å². The van der Waals surface area contributed by atoms with Crippen LogP contribution in [0.25, 0.3) is 11.4 Å².